The van der Waals surface area contributed by atoms with Gasteiger partial charge in [0, 0.05) is 31.6 Å². The second-order valence-corrected chi connectivity index (χ2v) is 9.83. The van der Waals surface area contributed by atoms with E-state index in [2.05, 4.69) is 4.98 Å². The highest BCUT2D eigenvalue weighted by Crippen LogP contribution is 2.28. The number of rotatable bonds is 11. The molecule has 2 heterocycles. The van der Waals surface area contributed by atoms with Gasteiger partial charge in [0.15, 0.2) is 0 Å². The Balaban J connectivity index is 1.19. The normalized spacial score (nSPS) is 15.5. The lowest BCUT2D eigenvalue weighted by atomic mass is 10.0. The van der Waals surface area contributed by atoms with Crippen molar-refractivity contribution >= 4 is 12.0 Å². The number of carbonyl (C=O) groups excluding carboxylic acids is 2. The van der Waals surface area contributed by atoms with Gasteiger partial charge < -0.3 is 23.7 Å². The minimum Gasteiger partial charge on any atom is -0.508 e. The van der Waals surface area contributed by atoms with E-state index >= 15 is 0 Å². The van der Waals surface area contributed by atoms with Crippen LogP contribution in [-0.2, 0) is 33.5 Å². The second-order valence-electron chi connectivity index (χ2n) is 9.83. The molecule has 1 aromatic heterocycles. The Morgan fingerprint density at radius 1 is 1.10 bits per heavy atom. The van der Waals surface area contributed by atoms with Gasteiger partial charge >= 0.3 is 6.09 Å². The summed E-state index contributed by atoms with van der Waals surface area (Å²) in [7, 11) is 1.40. The van der Waals surface area contributed by atoms with Crippen LogP contribution in [0.15, 0.2) is 83.3 Å². The highest BCUT2D eigenvalue weighted by molar-refractivity contribution is 5.96. The lowest BCUT2D eigenvalue weighted by molar-refractivity contribution is -0.139. The van der Waals surface area contributed by atoms with Crippen LogP contribution < -0.4 is 4.74 Å². The van der Waals surface area contributed by atoms with E-state index in [1.807, 2.05) is 67.6 Å². The van der Waals surface area contributed by atoms with Gasteiger partial charge in [0.2, 0.25) is 5.89 Å². The smallest absolute Gasteiger partial charge is 0.417 e. The van der Waals surface area contributed by atoms with Crippen molar-refractivity contribution in [2.75, 3.05) is 20.3 Å². The van der Waals surface area contributed by atoms with Gasteiger partial charge in [-0.3, -0.25) is 4.79 Å². The summed E-state index contributed by atoms with van der Waals surface area (Å²) in [5.41, 5.74) is 3.19. The molecular weight excluding hydrogens is 524 g/mol. The van der Waals surface area contributed by atoms with E-state index in [0.717, 1.165) is 27.5 Å². The number of aryl methyl sites for hydroxylation is 1. The van der Waals surface area contributed by atoms with Gasteiger partial charge in [0.1, 0.15) is 30.0 Å². The van der Waals surface area contributed by atoms with E-state index in [4.69, 9.17) is 18.6 Å². The number of ether oxygens (including phenoxy) is 3. The number of phenols is 1. The summed E-state index contributed by atoms with van der Waals surface area (Å²) in [6.07, 6.45) is -0.590. The number of amides is 2. The molecule has 3 aromatic carbocycles. The van der Waals surface area contributed by atoms with Gasteiger partial charge in [0.05, 0.1) is 18.3 Å². The SMILES string of the molecule is COC(Cc1ccc(OCCc2nc(-c3ccccc3)oc2C)cc1O)C(=O)N1C(=O)OCC1Cc1ccccc1. The molecule has 4 aromatic rings. The number of cyclic esters (lactones) is 1. The maximum Gasteiger partial charge on any atom is 0.417 e. The maximum absolute atomic E-state index is 13.3. The molecule has 0 spiro atoms. The van der Waals surface area contributed by atoms with Crippen molar-refractivity contribution < 1.29 is 33.3 Å². The molecule has 41 heavy (non-hydrogen) atoms. The first-order valence-corrected chi connectivity index (χ1v) is 13.5. The van der Waals surface area contributed by atoms with Gasteiger partial charge in [-0.2, -0.15) is 0 Å². The number of imide groups is 1. The Hall–Kier alpha value is -4.63. The van der Waals surface area contributed by atoms with Crippen LogP contribution in [-0.4, -0.2) is 59.5 Å². The molecule has 1 aliphatic rings. The monoisotopic (exact) mass is 556 g/mol. The second kappa shape index (κ2) is 12.7. The molecule has 2 unspecified atom stereocenters. The Labute approximate surface area is 238 Å². The number of hydrogen-bond acceptors (Lipinski definition) is 8. The average Bonchev–Trinajstić information content (AvgIpc) is 3.54. The number of benzene rings is 3. The first kappa shape index (κ1) is 27.9. The van der Waals surface area contributed by atoms with Gasteiger partial charge in [-0.15, -0.1) is 0 Å². The Morgan fingerprint density at radius 2 is 1.83 bits per heavy atom. The lowest BCUT2D eigenvalue weighted by Crippen LogP contribution is -2.46. The zero-order valence-corrected chi connectivity index (χ0v) is 23.0. The fourth-order valence-electron chi connectivity index (χ4n) is 4.83. The number of hydrogen-bond donors (Lipinski definition) is 1. The number of carbonyl (C=O) groups is 2. The minimum absolute atomic E-state index is 0.0360. The molecule has 1 fully saturated rings. The third-order valence-corrected chi connectivity index (χ3v) is 7.06. The van der Waals surface area contributed by atoms with E-state index in [1.165, 1.54) is 13.2 Å². The number of methoxy groups -OCH3 is 1. The summed E-state index contributed by atoms with van der Waals surface area (Å²) in [6.45, 7) is 2.32. The van der Waals surface area contributed by atoms with Crippen LogP contribution in [0.5, 0.6) is 11.5 Å². The number of nitrogens with zero attached hydrogens (tertiary/aromatic N) is 2. The Bertz CT molecular complexity index is 1490. The number of oxazole rings is 1. The summed E-state index contributed by atoms with van der Waals surface area (Å²) in [5, 5.41) is 10.7. The molecule has 9 heteroatoms. The molecule has 2 atom stereocenters. The van der Waals surface area contributed by atoms with E-state index in [1.54, 1.807) is 12.1 Å². The van der Waals surface area contributed by atoms with Crippen molar-refractivity contribution in [3.63, 3.8) is 0 Å². The molecule has 0 bridgehead atoms. The fraction of sp³-hybridized carbons (Fsp3) is 0.281. The average molecular weight is 557 g/mol. The van der Waals surface area contributed by atoms with Crippen molar-refractivity contribution in [3.8, 4) is 23.0 Å². The van der Waals surface area contributed by atoms with Gasteiger partial charge in [-0.05, 0) is 42.7 Å². The molecule has 0 radical (unpaired) electrons. The Morgan fingerprint density at radius 3 is 2.54 bits per heavy atom. The van der Waals surface area contributed by atoms with Crippen molar-refractivity contribution in [1.29, 1.82) is 0 Å². The fourth-order valence-corrected chi connectivity index (χ4v) is 4.83. The maximum atomic E-state index is 13.3. The molecule has 1 aliphatic heterocycles. The summed E-state index contributed by atoms with van der Waals surface area (Å²) >= 11 is 0. The predicted molar refractivity (Wildman–Crippen MR) is 151 cm³/mol. The van der Waals surface area contributed by atoms with Crippen LogP contribution in [0.4, 0.5) is 4.79 Å². The van der Waals surface area contributed by atoms with Crippen molar-refractivity contribution in [2.45, 2.75) is 38.3 Å². The topological polar surface area (TPSA) is 111 Å². The highest BCUT2D eigenvalue weighted by Gasteiger charge is 2.41. The highest BCUT2D eigenvalue weighted by atomic mass is 16.6. The van der Waals surface area contributed by atoms with Crippen LogP contribution in [0.25, 0.3) is 11.5 Å². The van der Waals surface area contributed by atoms with Crippen molar-refractivity contribution in [2.24, 2.45) is 0 Å². The number of aromatic nitrogens is 1. The molecule has 0 saturated carbocycles. The molecular formula is C32H32N2O7. The van der Waals surface area contributed by atoms with Gasteiger partial charge in [-0.25, -0.2) is 14.7 Å². The Kier molecular flexibility index (Phi) is 8.64. The first-order chi connectivity index (χ1) is 19.9. The standard InChI is InChI=1S/C32H32N2O7/c1-21-27(33-30(41-21)23-11-7-4-8-12-23)15-16-39-26-14-13-24(28(35)19-26)18-29(38-2)31(36)34-25(20-40-32(34)37)17-22-9-5-3-6-10-22/h3-14,19,25,29,35H,15-18,20H2,1-2H3. The molecule has 2 amide bonds. The molecule has 212 valence electrons. The number of aromatic hydroxyl groups is 1. The van der Waals surface area contributed by atoms with E-state index in [0.29, 0.717) is 36.7 Å². The van der Waals surface area contributed by atoms with E-state index < -0.39 is 24.1 Å². The van der Waals surface area contributed by atoms with E-state index in [9.17, 15) is 14.7 Å². The zero-order valence-electron chi connectivity index (χ0n) is 23.0. The van der Waals surface area contributed by atoms with Gasteiger partial charge in [0.25, 0.3) is 5.91 Å². The van der Waals surface area contributed by atoms with Crippen molar-refractivity contribution in [3.05, 3.63) is 101 Å². The zero-order chi connectivity index (χ0) is 28.8. The quantitative estimate of drug-likeness (QED) is 0.271. The summed E-state index contributed by atoms with van der Waals surface area (Å²) < 4.78 is 22.3. The molecule has 1 saturated heterocycles. The third-order valence-electron chi connectivity index (χ3n) is 7.06. The van der Waals surface area contributed by atoms with Crippen LogP contribution in [0.2, 0.25) is 0 Å². The van der Waals surface area contributed by atoms with Crippen LogP contribution in [0, 0.1) is 6.92 Å². The summed E-state index contributed by atoms with van der Waals surface area (Å²) in [6, 6.07) is 23.8. The molecule has 0 aliphatic carbocycles. The predicted octanol–water partition coefficient (Wildman–Crippen LogP) is 5.12. The van der Waals surface area contributed by atoms with E-state index in [-0.39, 0.29) is 18.8 Å². The summed E-state index contributed by atoms with van der Waals surface area (Å²) in [5.74, 6) is 1.23. The van der Waals surface area contributed by atoms with Gasteiger partial charge in [-0.1, -0.05) is 54.6 Å². The summed E-state index contributed by atoms with van der Waals surface area (Å²) in [4.78, 5) is 31.5. The van der Waals surface area contributed by atoms with Crippen LogP contribution >= 0.6 is 0 Å². The lowest BCUT2D eigenvalue weighted by Gasteiger charge is -2.24. The first-order valence-electron chi connectivity index (χ1n) is 13.5. The molecule has 1 N–H and O–H groups in total. The molecule has 9 nitrogen and oxygen atoms in total. The van der Waals surface area contributed by atoms with Crippen LogP contribution in [0.1, 0.15) is 22.6 Å². The largest absolute Gasteiger partial charge is 0.508 e. The number of phenolic OH excluding ortho intramolecular Hbond substituents is 1. The van der Waals surface area contributed by atoms with Crippen LogP contribution in [0.3, 0.4) is 0 Å². The molecule has 5 rings (SSSR count). The third kappa shape index (κ3) is 6.58. The van der Waals surface area contributed by atoms with Crippen molar-refractivity contribution in [1.82, 2.24) is 9.88 Å². The minimum atomic E-state index is -0.981.